The summed E-state index contributed by atoms with van der Waals surface area (Å²) in [5.74, 6) is -2.81. The minimum Gasteiger partial charge on any atom is -0.494 e. The van der Waals surface area contributed by atoms with E-state index in [1.807, 2.05) is 0 Å². The number of alkyl halides is 3. The highest BCUT2D eigenvalue weighted by Crippen LogP contribution is 2.21. The summed E-state index contributed by atoms with van der Waals surface area (Å²) in [5, 5.41) is 0. The van der Waals surface area contributed by atoms with Crippen LogP contribution in [0.5, 0.6) is 5.75 Å². The number of likely N-dealkylation sites (N-methyl/N-ethyl adjacent to an activating group) is 1. The van der Waals surface area contributed by atoms with Gasteiger partial charge in [-0.2, -0.15) is 13.2 Å². The summed E-state index contributed by atoms with van der Waals surface area (Å²) in [6, 6.07) is 3.03. The van der Waals surface area contributed by atoms with Crippen LogP contribution in [-0.4, -0.2) is 62.1 Å². The van der Waals surface area contributed by atoms with Crippen LogP contribution in [-0.2, 0) is 4.79 Å². The number of rotatable bonds is 5. The maximum absolute atomic E-state index is 13.6. The van der Waals surface area contributed by atoms with Crippen LogP contribution in [0, 0.1) is 5.82 Å². The minimum absolute atomic E-state index is 0.145. The summed E-state index contributed by atoms with van der Waals surface area (Å²) >= 11 is 0. The van der Waals surface area contributed by atoms with E-state index in [2.05, 4.69) is 4.74 Å². The van der Waals surface area contributed by atoms with Crippen LogP contribution in [0.3, 0.4) is 0 Å². The molecule has 0 unspecified atom stereocenters. The highest BCUT2D eigenvalue weighted by molar-refractivity contribution is 5.96. The number of methoxy groups -OCH3 is 1. The Kier molecular flexibility index (Phi) is 5.94. The SMILES string of the molecule is COc1ccc(C(=O)N(CC(=O)N(C)C)CC(F)(F)F)cc1F. The summed E-state index contributed by atoms with van der Waals surface area (Å²) < 4.78 is 56.1. The van der Waals surface area contributed by atoms with E-state index in [9.17, 15) is 27.2 Å². The molecule has 0 spiro atoms. The minimum atomic E-state index is -4.69. The molecule has 0 saturated carbocycles. The number of hydrogen-bond acceptors (Lipinski definition) is 3. The third kappa shape index (κ3) is 5.42. The van der Waals surface area contributed by atoms with Gasteiger partial charge in [0.25, 0.3) is 5.91 Å². The predicted octanol–water partition coefficient (Wildman–Crippen LogP) is 1.93. The lowest BCUT2D eigenvalue weighted by Crippen LogP contribution is -2.44. The molecule has 0 saturated heterocycles. The normalized spacial score (nSPS) is 11.1. The summed E-state index contributed by atoms with van der Waals surface area (Å²) in [7, 11) is 3.92. The van der Waals surface area contributed by atoms with E-state index in [1.165, 1.54) is 21.2 Å². The first kappa shape index (κ1) is 18.7. The molecule has 0 radical (unpaired) electrons. The van der Waals surface area contributed by atoms with Crippen molar-refractivity contribution in [3.05, 3.63) is 29.6 Å². The number of hydrogen-bond donors (Lipinski definition) is 0. The van der Waals surface area contributed by atoms with Crippen molar-refractivity contribution in [2.75, 3.05) is 34.3 Å². The van der Waals surface area contributed by atoms with E-state index in [1.54, 1.807) is 0 Å². The Balaban J connectivity index is 3.07. The van der Waals surface area contributed by atoms with E-state index in [0.29, 0.717) is 4.90 Å². The van der Waals surface area contributed by atoms with Crippen LogP contribution in [0.2, 0.25) is 0 Å². The fraction of sp³-hybridized carbons (Fsp3) is 0.429. The molecule has 0 fully saturated rings. The van der Waals surface area contributed by atoms with Gasteiger partial charge in [0.1, 0.15) is 13.1 Å². The zero-order valence-corrected chi connectivity index (χ0v) is 12.8. The van der Waals surface area contributed by atoms with Gasteiger partial charge in [0.15, 0.2) is 11.6 Å². The average Bonchev–Trinajstić information content (AvgIpc) is 2.44. The van der Waals surface area contributed by atoms with Gasteiger partial charge in [-0.1, -0.05) is 0 Å². The lowest BCUT2D eigenvalue weighted by Gasteiger charge is -2.25. The largest absolute Gasteiger partial charge is 0.494 e. The molecule has 5 nitrogen and oxygen atoms in total. The molecule has 1 aromatic rings. The summed E-state index contributed by atoms with van der Waals surface area (Å²) in [4.78, 5) is 25.2. The highest BCUT2D eigenvalue weighted by atomic mass is 19.4. The van der Waals surface area contributed by atoms with Crippen molar-refractivity contribution in [3.63, 3.8) is 0 Å². The van der Waals surface area contributed by atoms with Crippen molar-refractivity contribution in [2.45, 2.75) is 6.18 Å². The topological polar surface area (TPSA) is 49.9 Å². The van der Waals surface area contributed by atoms with E-state index < -0.39 is 36.9 Å². The van der Waals surface area contributed by atoms with Gasteiger partial charge in [-0.3, -0.25) is 9.59 Å². The van der Waals surface area contributed by atoms with Crippen LogP contribution in [0.1, 0.15) is 10.4 Å². The predicted molar refractivity (Wildman–Crippen MR) is 73.6 cm³/mol. The van der Waals surface area contributed by atoms with Gasteiger partial charge in [-0.05, 0) is 18.2 Å². The molecular formula is C14H16F4N2O3. The molecule has 0 heterocycles. The summed E-state index contributed by atoms with van der Waals surface area (Å²) in [6.07, 6.45) is -4.69. The van der Waals surface area contributed by atoms with Gasteiger partial charge >= 0.3 is 6.18 Å². The van der Waals surface area contributed by atoms with Crippen molar-refractivity contribution in [1.29, 1.82) is 0 Å². The summed E-state index contributed by atoms with van der Waals surface area (Å²) in [6.45, 7) is -2.38. The molecular weight excluding hydrogens is 320 g/mol. The number of carbonyl (C=O) groups excluding carboxylic acids is 2. The lowest BCUT2D eigenvalue weighted by molar-refractivity contribution is -0.146. The second-order valence-electron chi connectivity index (χ2n) is 4.91. The Morgan fingerprint density at radius 3 is 2.26 bits per heavy atom. The Morgan fingerprint density at radius 1 is 1.22 bits per heavy atom. The number of benzene rings is 1. The van der Waals surface area contributed by atoms with Crippen molar-refractivity contribution >= 4 is 11.8 Å². The molecule has 23 heavy (non-hydrogen) atoms. The standard InChI is InChI=1S/C14H16F4N2O3/c1-19(2)12(21)7-20(8-14(16,17)18)13(22)9-4-5-11(23-3)10(15)6-9/h4-6H,7-8H2,1-3H3. The van der Waals surface area contributed by atoms with Crippen molar-refractivity contribution in [2.24, 2.45) is 0 Å². The van der Waals surface area contributed by atoms with Crippen LogP contribution in [0.4, 0.5) is 17.6 Å². The molecule has 0 aliphatic heterocycles. The summed E-state index contributed by atoms with van der Waals surface area (Å²) in [5.41, 5.74) is -0.306. The fourth-order valence-corrected chi connectivity index (χ4v) is 1.70. The number of ether oxygens (including phenoxy) is 1. The first-order valence-electron chi connectivity index (χ1n) is 6.45. The molecule has 0 bridgehead atoms. The third-order valence-electron chi connectivity index (χ3n) is 2.88. The Bertz CT molecular complexity index is 588. The van der Waals surface area contributed by atoms with E-state index in [-0.39, 0.29) is 11.3 Å². The molecule has 128 valence electrons. The molecule has 2 amide bonds. The Morgan fingerprint density at radius 2 is 1.83 bits per heavy atom. The van der Waals surface area contributed by atoms with Gasteiger partial charge < -0.3 is 14.5 Å². The lowest BCUT2D eigenvalue weighted by atomic mass is 10.1. The highest BCUT2D eigenvalue weighted by Gasteiger charge is 2.34. The molecule has 0 aromatic heterocycles. The van der Waals surface area contributed by atoms with Gasteiger partial charge in [-0.15, -0.1) is 0 Å². The molecule has 9 heteroatoms. The van der Waals surface area contributed by atoms with Gasteiger partial charge in [-0.25, -0.2) is 4.39 Å². The quantitative estimate of drug-likeness (QED) is 0.772. The number of amides is 2. The first-order chi connectivity index (χ1) is 10.5. The van der Waals surface area contributed by atoms with Crippen LogP contribution < -0.4 is 4.74 Å². The van der Waals surface area contributed by atoms with Gasteiger partial charge in [0.05, 0.1) is 7.11 Å². The van der Waals surface area contributed by atoms with Crippen molar-refractivity contribution in [3.8, 4) is 5.75 Å². The van der Waals surface area contributed by atoms with Crippen molar-refractivity contribution in [1.82, 2.24) is 9.80 Å². The zero-order chi connectivity index (χ0) is 17.8. The molecule has 1 rings (SSSR count). The first-order valence-corrected chi connectivity index (χ1v) is 6.45. The van der Waals surface area contributed by atoms with Crippen LogP contribution in [0.25, 0.3) is 0 Å². The van der Waals surface area contributed by atoms with Crippen LogP contribution in [0.15, 0.2) is 18.2 Å². The number of nitrogens with zero attached hydrogens (tertiary/aromatic N) is 2. The smallest absolute Gasteiger partial charge is 0.406 e. The molecule has 0 aliphatic carbocycles. The van der Waals surface area contributed by atoms with Gasteiger partial charge in [0, 0.05) is 19.7 Å². The van der Waals surface area contributed by atoms with Crippen molar-refractivity contribution < 1.29 is 31.9 Å². The average molecular weight is 336 g/mol. The molecule has 0 atom stereocenters. The van der Waals surface area contributed by atoms with Crippen LogP contribution >= 0.6 is 0 Å². The number of halogens is 4. The van der Waals surface area contributed by atoms with E-state index >= 15 is 0 Å². The Labute approximate surface area is 130 Å². The maximum Gasteiger partial charge on any atom is 0.406 e. The third-order valence-corrected chi connectivity index (χ3v) is 2.88. The Hall–Kier alpha value is -2.32. The molecule has 0 aliphatic rings. The zero-order valence-electron chi connectivity index (χ0n) is 12.8. The monoisotopic (exact) mass is 336 g/mol. The molecule has 0 N–H and O–H groups in total. The second-order valence-corrected chi connectivity index (χ2v) is 4.91. The number of carbonyl (C=O) groups is 2. The molecule has 1 aromatic carbocycles. The maximum atomic E-state index is 13.6. The second kappa shape index (κ2) is 7.30. The van der Waals surface area contributed by atoms with E-state index in [4.69, 9.17) is 0 Å². The fourth-order valence-electron chi connectivity index (χ4n) is 1.70. The van der Waals surface area contributed by atoms with E-state index in [0.717, 1.165) is 23.1 Å². The van der Waals surface area contributed by atoms with Gasteiger partial charge in [0.2, 0.25) is 5.91 Å².